The number of carbonyl (C=O) groups is 2. The van der Waals surface area contributed by atoms with E-state index in [0.29, 0.717) is 25.1 Å². The van der Waals surface area contributed by atoms with Gasteiger partial charge in [0.15, 0.2) is 0 Å². The van der Waals surface area contributed by atoms with Crippen LogP contribution in [0.1, 0.15) is 16.8 Å². The number of halogens is 2. The van der Waals surface area contributed by atoms with E-state index in [1.807, 2.05) is 0 Å². The number of carbonyl (C=O) groups excluding carboxylic acids is 2. The van der Waals surface area contributed by atoms with Crippen LogP contribution >= 0.6 is 23.2 Å². The lowest BCUT2D eigenvalue weighted by Crippen LogP contribution is -2.31. The van der Waals surface area contributed by atoms with Crippen molar-refractivity contribution in [3.8, 4) is 0 Å². The summed E-state index contributed by atoms with van der Waals surface area (Å²) in [6, 6.07) is 1.47. The zero-order valence-corrected chi connectivity index (χ0v) is 10.9. The summed E-state index contributed by atoms with van der Waals surface area (Å²) in [5.41, 5.74) is 5.57. The number of likely N-dealkylation sites (tertiary alicyclic amines) is 1. The number of hydrogen-bond donors (Lipinski definition) is 1. The number of nitrogens with zero attached hydrogens (tertiary/aromatic N) is 2. The van der Waals surface area contributed by atoms with E-state index in [9.17, 15) is 9.59 Å². The molecular formula is C11H11Cl2N3O2. The van der Waals surface area contributed by atoms with Crippen molar-refractivity contribution in [3.63, 3.8) is 0 Å². The minimum atomic E-state index is -0.377. The number of rotatable bonds is 2. The lowest BCUT2D eigenvalue weighted by molar-refractivity contribution is -0.121. The Kier molecular flexibility index (Phi) is 3.73. The van der Waals surface area contributed by atoms with E-state index < -0.39 is 0 Å². The van der Waals surface area contributed by atoms with Gasteiger partial charge in [0.2, 0.25) is 5.91 Å². The Morgan fingerprint density at radius 3 is 2.72 bits per heavy atom. The Morgan fingerprint density at radius 2 is 2.17 bits per heavy atom. The third kappa shape index (κ3) is 2.57. The molecule has 0 aromatic carbocycles. The molecule has 2 amide bonds. The van der Waals surface area contributed by atoms with E-state index in [4.69, 9.17) is 28.9 Å². The summed E-state index contributed by atoms with van der Waals surface area (Å²) in [5, 5.41) is 0.387. The van der Waals surface area contributed by atoms with Gasteiger partial charge in [0, 0.05) is 19.3 Å². The van der Waals surface area contributed by atoms with Crippen LogP contribution in [0.2, 0.25) is 10.2 Å². The molecule has 1 saturated heterocycles. The van der Waals surface area contributed by atoms with E-state index in [1.165, 1.54) is 12.3 Å². The summed E-state index contributed by atoms with van der Waals surface area (Å²) in [7, 11) is 0. The van der Waals surface area contributed by atoms with Gasteiger partial charge in [0.05, 0.1) is 16.5 Å². The predicted octanol–water partition coefficient (Wildman–Crippen LogP) is 1.34. The van der Waals surface area contributed by atoms with Gasteiger partial charge in [-0.3, -0.25) is 9.59 Å². The first-order chi connectivity index (χ1) is 8.49. The Bertz CT molecular complexity index is 507. The zero-order chi connectivity index (χ0) is 13.3. The number of hydrogen-bond acceptors (Lipinski definition) is 3. The fraction of sp³-hybridized carbons (Fsp3) is 0.364. The minimum absolute atomic E-state index is 0.157. The van der Waals surface area contributed by atoms with E-state index in [0.717, 1.165) is 0 Å². The van der Waals surface area contributed by atoms with Crippen molar-refractivity contribution in [1.82, 2.24) is 9.88 Å². The van der Waals surface area contributed by atoms with Crippen LogP contribution in [0.3, 0.4) is 0 Å². The van der Waals surface area contributed by atoms with Crippen LogP contribution in [0.5, 0.6) is 0 Å². The molecular weight excluding hydrogens is 277 g/mol. The molecule has 2 rings (SSSR count). The van der Waals surface area contributed by atoms with Gasteiger partial charge in [-0.25, -0.2) is 4.98 Å². The lowest BCUT2D eigenvalue weighted by atomic mass is 10.1. The number of amides is 2. The molecule has 0 saturated carbocycles. The molecule has 0 radical (unpaired) electrons. The maximum absolute atomic E-state index is 12.1. The Hall–Kier alpha value is -1.33. The molecule has 1 aliphatic heterocycles. The van der Waals surface area contributed by atoms with Gasteiger partial charge in [0.25, 0.3) is 5.91 Å². The summed E-state index contributed by atoms with van der Waals surface area (Å²) in [6.07, 6.45) is 1.96. The highest BCUT2D eigenvalue weighted by Crippen LogP contribution is 2.23. The topological polar surface area (TPSA) is 76.3 Å². The van der Waals surface area contributed by atoms with E-state index >= 15 is 0 Å². The molecule has 1 aromatic rings. The van der Waals surface area contributed by atoms with Crippen molar-refractivity contribution >= 4 is 35.0 Å². The molecule has 0 bridgehead atoms. The largest absolute Gasteiger partial charge is 0.369 e. The molecule has 1 aliphatic rings. The first-order valence-electron chi connectivity index (χ1n) is 5.38. The van der Waals surface area contributed by atoms with Crippen LogP contribution in [0.15, 0.2) is 12.3 Å². The lowest BCUT2D eigenvalue weighted by Gasteiger charge is -2.15. The quantitative estimate of drug-likeness (QED) is 0.834. The maximum Gasteiger partial charge on any atom is 0.255 e. The van der Waals surface area contributed by atoms with Crippen molar-refractivity contribution in [2.75, 3.05) is 13.1 Å². The van der Waals surface area contributed by atoms with Crippen molar-refractivity contribution < 1.29 is 9.59 Å². The summed E-state index contributed by atoms with van der Waals surface area (Å²) < 4.78 is 0. The van der Waals surface area contributed by atoms with Gasteiger partial charge in [-0.1, -0.05) is 23.2 Å². The molecule has 2 heterocycles. The van der Waals surface area contributed by atoms with Crippen LogP contribution in [-0.2, 0) is 4.79 Å². The monoisotopic (exact) mass is 287 g/mol. The number of primary amides is 1. The molecule has 1 unspecified atom stereocenters. The molecule has 5 nitrogen and oxygen atoms in total. The zero-order valence-electron chi connectivity index (χ0n) is 9.40. The van der Waals surface area contributed by atoms with E-state index in [2.05, 4.69) is 4.98 Å². The third-order valence-electron chi connectivity index (χ3n) is 2.92. The van der Waals surface area contributed by atoms with Crippen molar-refractivity contribution in [3.05, 3.63) is 28.0 Å². The third-order valence-corrected chi connectivity index (χ3v) is 3.61. The van der Waals surface area contributed by atoms with Gasteiger partial charge >= 0.3 is 0 Å². The summed E-state index contributed by atoms with van der Waals surface area (Å²) in [4.78, 5) is 28.5. The molecule has 2 N–H and O–H groups in total. The fourth-order valence-electron chi connectivity index (χ4n) is 1.90. The summed E-state index contributed by atoms with van der Waals surface area (Å²) in [6.45, 7) is 0.848. The second-order valence-electron chi connectivity index (χ2n) is 4.14. The van der Waals surface area contributed by atoms with Crippen molar-refractivity contribution in [1.29, 1.82) is 0 Å². The van der Waals surface area contributed by atoms with Gasteiger partial charge in [0.1, 0.15) is 5.15 Å². The molecule has 1 aromatic heterocycles. The van der Waals surface area contributed by atoms with Gasteiger partial charge in [-0.2, -0.15) is 0 Å². The Labute approximate surface area is 114 Å². The highest BCUT2D eigenvalue weighted by molar-refractivity contribution is 6.41. The molecule has 1 atom stereocenters. The first kappa shape index (κ1) is 13.1. The van der Waals surface area contributed by atoms with Crippen LogP contribution in [-0.4, -0.2) is 34.8 Å². The van der Waals surface area contributed by atoms with Gasteiger partial charge in [-0.05, 0) is 12.5 Å². The highest BCUT2D eigenvalue weighted by atomic mass is 35.5. The molecule has 1 fully saturated rings. The fourth-order valence-corrected chi connectivity index (χ4v) is 2.17. The van der Waals surface area contributed by atoms with Crippen LogP contribution in [0, 0.1) is 5.92 Å². The molecule has 7 heteroatoms. The van der Waals surface area contributed by atoms with Gasteiger partial charge < -0.3 is 10.6 Å². The summed E-state index contributed by atoms with van der Waals surface area (Å²) in [5.74, 6) is -0.868. The Balaban J connectivity index is 2.12. The van der Waals surface area contributed by atoms with Crippen LogP contribution < -0.4 is 5.73 Å². The van der Waals surface area contributed by atoms with E-state index in [1.54, 1.807) is 4.90 Å². The highest BCUT2D eigenvalue weighted by Gasteiger charge is 2.30. The number of nitrogens with two attached hydrogens (primary N) is 1. The molecule has 96 valence electrons. The van der Waals surface area contributed by atoms with Crippen LogP contribution in [0.4, 0.5) is 0 Å². The van der Waals surface area contributed by atoms with Crippen molar-refractivity contribution in [2.45, 2.75) is 6.42 Å². The molecule has 0 spiro atoms. The van der Waals surface area contributed by atoms with Gasteiger partial charge in [-0.15, -0.1) is 0 Å². The normalized spacial score (nSPS) is 19.0. The predicted molar refractivity (Wildman–Crippen MR) is 67.5 cm³/mol. The second kappa shape index (κ2) is 5.12. The molecule has 0 aliphatic carbocycles. The standard InChI is InChI=1S/C11H11Cl2N3O2/c12-8-3-7(4-15-9(8)13)11(18)16-2-1-6(5-16)10(14)17/h3-4,6H,1-2,5H2,(H2,14,17). The molecule has 18 heavy (non-hydrogen) atoms. The maximum atomic E-state index is 12.1. The average Bonchev–Trinajstić information content (AvgIpc) is 2.81. The number of pyridine rings is 1. The minimum Gasteiger partial charge on any atom is -0.369 e. The average molecular weight is 288 g/mol. The SMILES string of the molecule is NC(=O)C1CCN(C(=O)c2cnc(Cl)c(Cl)c2)C1. The smallest absolute Gasteiger partial charge is 0.255 e. The van der Waals surface area contributed by atoms with Crippen molar-refractivity contribution in [2.24, 2.45) is 11.7 Å². The second-order valence-corrected chi connectivity index (χ2v) is 4.90. The van der Waals surface area contributed by atoms with Crippen LogP contribution in [0.25, 0.3) is 0 Å². The first-order valence-corrected chi connectivity index (χ1v) is 6.14. The Morgan fingerprint density at radius 1 is 1.44 bits per heavy atom. The van der Waals surface area contributed by atoms with E-state index in [-0.39, 0.29) is 27.9 Å². The number of aromatic nitrogens is 1. The summed E-state index contributed by atoms with van der Waals surface area (Å²) >= 11 is 11.5.